The Kier molecular flexibility index (Phi) is 6.59. The van der Waals surface area contributed by atoms with Crippen molar-refractivity contribution in [2.45, 2.75) is 40.0 Å². The van der Waals surface area contributed by atoms with Gasteiger partial charge in [0.1, 0.15) is 25.6 Å². The summed E-state index contributed by atoms with van der Waals surface area (Å²) in [7, 11) is 0. The first-order valence-electron chi connectivity index (χ1n) is 9.38. The van der Waals surface area contributed by atoms with Crippen LogP contribution in [0.2, 0.25) is 0 Å². The summed E-state index contributed by atoms with van der Waals surface area (Å²) in [6.07, 6.45) is 1.62. The van der Waals surface area contributed by atoms with Crippen LogP contribution in [0.3, 0.4) is 0 Å². The number of aryl methyl sites for hydroxylation is 1. The Balaban J connectivity index is 1.78. The molecule has 28 heavy (non-hydrogen) atoms. The van der Waals surface area contributed by atoms with Crippen molar-refractivity contribution in [2.24, 2.45) is 0 Å². The third-order valence-electron chi connectivity index (χ3n) is 4.85. The molecule has 1 unspecified atom stereocenters. The molecule has 6 nitrogen and oxygen atoms in total. The number of halogens is 1. The largest absolute Gasteiger partial charge is 0.491 e. The average Bonchev–Trinajstić information content (AvgIpc) is 3.04. The van der Waals surface area contributed by atoms with E-state index in [9.17, 15) is 9.18 Å². The highest BCUT2D eigenvalue weighted by molar-refractivity contribution is 5.98. The van der Waals surface area contributed by atoms with Gasteiger partial charge >= 0.3 is 0 Å². The lowest BCUT2D eigenvalue weighted by atomic mass is 10.0. The van der Waals surface area contributed by atoms with Crippen molar-refractivity contribution >= 4 is 5.91 Å². The van der Waals surface area contributed by atoms with E-state index in [1.165, 1.54) is 0 Å². The fourth-order valence-corrected chi connectivity index (χ4v) is 3.35. The van der Waals surface area contributed by atoms with Crippen molar-refractivity contribution in [1.82, 2.24) is 9.88 Å². The second kappa shape index (κ2) is 9.12. The summed E-state index contributed by atoms with van der Waals surface area (Å²) in [5.74, 6) is 0.627. The third kappa shape index (κ3) is 4.15. The molecule has 150 valence electrons. The Bertz CT molecular complexity index is 843. The summed E-state index contributed by atoms with van der Waals surface area (Å²) in [6, 6.07) is 7.33. The van der Waals surface area contributed by atoms with E-state index in [1.807, 2.05) is 43.9 Å². The third-order valence-corrected chi connectivity index (χ3v) is 4.85. The first-order valence-corrected chi connectivity index (χ1v) is 9.38. The van der Waals surface area contributed by atoms with Gasteiger partial charge in [-0.1, -0.05) is 12.1 Å². The maximum atomic E-state index is 12.9. The number of alkyl halides is 1. The quantitative estimate of drug-likeness (QED) is 0.370. The molecule has 1 aliphatic heterocycles. The SMILES string of the molecule is CCOOCc1nccc2c1CN(C(C)c1ccc(OCCF)c(C)c1)C2=O. The highest BCUT2D eigenvalue weighted by atomic mass is 19.1. The van der Waals surface area contributed by atoms with E-state index >= 15 is 0 Å². The zero-order chi connectivity index (χ0) is 20.1. The standard InChI is InChI=1S/C21H25FN2O4/c1-4-27-28-13-19-18-12-24(21(25)17(18)7-9-23-19)15(3)16-5-6-20(14(2)11-16)26-10-8-22/h5-7,9,11,15H,4,8,10,12-13H2,1-3H3. The Hall–Kier alpha value is -2.51. The second-order valence-corrected chi connectivity index (χ2v) is 6.62. The van der Waals surface area contributed by atoms with Gasteiger partial charge in [-0.25, -0.2) is 14.2 Å². The van der Waals surface area contributed by atoms with E-state index in [2.05, 4.69) is 4.98 Å². The van der Waals surface area contributed by atoms with Gasteiger partial charge in [-0.05, 0) is 44.0 Å². The van der Waals surface area contributed by atoms with Gasteiger partial charge in [-0.15, -0.1) is 0 Å². The van der Waals surface area contributed by atoms with Crippen molar-refractivity contribution < 1.29 is 23.7 Å². The van der Waals surface area contributed by atoms with E-state index < -0.39 is 6.67 Å². The number of aromatic nitrogens is 1. The topological polar surface area (TPSA) is 60.9 Å². The van der Waals surface area contributed by atoms with Crippen LogP contribution in [0.5, 0.6) is 5.75 Å². The molecule has 1 aliphatic rings. The van der Waals surface area contributed by atoms with Crippen LogP contribution in [0, 0.1) is 6.92 Å². The van der Waals surface area contributed by atoms with Gasteiger partial charge in [0, 0.05) is 23.9 Å². The lowest BCUT2D eigenvalue weighted by molar-refractivity contribution is -0.301. The summed E-state index contributed by atoms with van der Waals surface area (Å²) < 4.78 is 17.7. The molecule has 1 aromatic heterocycles. The molecule has 3 rings (SSSR count). The predicted octanol–water partition coefficient (Wildman–Crippen LogP) is 3.92. The lowest BCUT2D eigenvalue weighted by Crippen LogP contribution is -2.27. The number of nitrogens with zero attached hydrogens (tertiary/aromatic N) is 2. The number of carbonyl (C=O) groups is 1. The Morgan fingerprint density at radius 3 is 2.82 bits per heavy atom. The molecule has 1 amide bonds. The summed E-state index contributed by atoms with van der Waals surface area (Å²) in [6.45, 7) is 6.37. The van der Waals surface area contributed by atoms with Gasteiger partial charge in [0.05, 0.1) is 18.3 Å². The predicted molar refractivity (Wildman–Crippen MR) is 102 cm³/mol. The normalized spacial score (nSPS) is 14.3. The van der Waals surface area contributed by atoms with E-state index in [4.69, 9.17) is 14.5 Å². The molecule has 0 bridgehead atoms. The van der Waals surface area contributed by atoms with Gasteiger partial charge in [0.2, 0.25) is 0 Å². The Morgan fingerprint density at radius 2 is 2.11 bits per heavy atom. The summed E-state index contributed by atoms with van der Waals surface area (Å²) in [5.41, 5.74) is 4.14. The van der Waals surface area contributed by atoms with Crippen molar-refractivity contribution in [3.05, 3.63) is 58.4 Å². The van der Waals surface area contributed by atoms with Crippen molar-refractivity contribution in [1.29, 1.82) is 0 Å². The van der Waals surface area contributed by atoms with Crippen LogP contribution in [0.4, 0.5) is 4.39 Å². The summed E-state index contributed by atoms with van der Waals surface area (Å²) >= 11 is 0. The molecular formula is C21H25FN2O4. The van der Waals surface area contributed by atoms with Gasteiger partial charge in [0.15, 0.2) is 0 Å². The molecule has 0 radical (unpaired) electrons. The molecule has 0 N–H and O–H groups in total. The van der Waals surface area contributed by atoms with Crippen LogP contribution in [0.1, 0.15) is 52.6 Å². The maximum absolute atomic E-state index is 12.9. The van der Waals surface area contributed by atoms with Crippen molar-refractivity contribution in [3.8, 4) is 5.75 Å². The lowest BCUT2D eigenvalue weighted by Gasteiger charge is -2.25. The smallest absolute Gasteiger partial charge is 0.255 e. The van der Waals surface area contributed by atoms with Crippen LogP contribution in [-0.2, 0) is 22.9 Å². The Labute approximate surface area is 164 Å². The number of carbonyl (C=O) groups excluding carboxylic acids is 1. The molecule has 1 aromatic carbocycles. The van der Waals surface area contributed by atoms with Crippen molar-refractivity contribution in [3.63, 3.8) is 0 Å². The highest BCUT2D eigenvalue weighted by Gasteiger charge is 2.33. The number of pyridine rings is 1. The number of ether oxygens (including phenoxy) is 1. The minimum atomic E-state index is -0.526. The van der Waals surface area contributed by atoms with Crippen LogP contribution in [0.25, 0.3) is 0 Å². The van der Waals surface area contributed by atoms with Crippen LogP contribution < -0.4 is 4.74 Å². The first kappa shape index (κ1) is 20.2. The number of hydrogen-bond acceptors (Lipinski definition) is 5. The number of fused-ring (bicyclic) bond motifs is 1. The van der Waals surface area contributed by atoms with E-state index in [0.29, 0.717) is 30.2 Å². The fraction of sp³-hybridized carbons (Fsp3) is 0.429. The molecule has 0 spiro atoms. The molecule has 2 heterocycles. The van der Waals surface area contributed by atoms with Crippen molar-refractivity contribution in [2.75, 3.05) is 19.9 Å². The zero-order valence-corrected chi connectivity index (χ0v) is 16.4. The van der Waals surface area contributed by atoms with Crippen LogP contribution in [0.15, 0.2) is 30.5 Å². The minimum absolute atomic E-state index is 0.0297. The number of rotatable bonds is 9. The Morgan fingerprint density at radius 1 is 1.29 bits per heavy atom. The van der Waals surface area contributed by atoms with Gasteiger partial charge in [-0.3, -0.25) is 9.78 Å². The number of benzene rings is 1. The molecule has 0 fully saturated rings. The molecular weight excluding hydrogens is 363 g/mol. The summed E-state index contributed by atoms with van der Waals surface area (Å²) in [4.78, 5) is 29.2. The first-order chi connectivity index (χ1) is 13.6. The fourth-order valence-electron chi connectivity index (χ4n) is 3.35. The molecule has 7 heteroatoms. The van der Waals surface area contributed by atoms with Gasteiger partial charge in [-0.2, -0.15) is 0 Å². The highest BCUT2D eigenvalue weighted by Crippen LogP contribution is 2.34. The van der Waals surface area contributed by atoms with Gasteiger partial charge < -0.3 is 9.64 Å². The van der Waals surface area contributed by atoms with Gasteiger partial charge in [0.25, 0.3) is 5.91 Å². The molecule has 1 atom stereocenters. The number of hydrogen-bond donors (Lipinski definition) is 0. The number of amides is 1. The molecule has 0 aliphatic carbocycles. The molecule has 0 saturated carbocycles. The maximum Gasteiger partial charge on any atom is 0.255 e. The summed E-state index contributed by atoms with van der Waals surface area (Å²) in [5, 5.41) is 0. The van der Waals surface area contributed by atoms with Crippen LogP contribution in [-0.4, -0.2) is 35.7 Å². The van der Waals surface area contributed by atoms with E-state index in [1.54, 1.807) is 12.3 Å². The second-order valence-electron chi connectivity index (χ2n) is 6.62. The monoisotopic (exact) mass is 388 g/mol. The van der Waals surface area contributed by atoms with Crippen LogP contribution >= 0.6 is 0 Å². The minimum Gasteiger partial charge on any atom is -0.491 e. The molecule has 0 saturated heterocycles. The van der Waals surface area contributed by atoms with E-state index in [-0.39, 0.29) is 25.2 Å². The van der Waals surface area contributed by atoms with E-state index in [0.717, 1.165) is 16.7 Å². The zero-order valence-electron chi connectivity index (χ0n) is 16.4. The average molecular weight is 388 g/mol. The molecule has 2 aromatic rings.